The minimum Gasteiger partial charge on any atom is -0.340 e. The summed E-state index contributed by atoms with van der Waals surface area (Å²) in [5, 5.41) is 3.83. The van der Waals surface area contributed by atoms with E-state index in [9.17, 15) is 4.79 Å². The number of halogens is 1. The highest BCUT2D eigenvalue weighted by Gasteiger charge is 2.15. The molecular formula is C16H19ClN4O. The second-order valence-corrected chi connectivity index (χ2v) is 5.23. The largest absolute Gasteiger partial charge is 0.340 e. The molecule has 0 radical (unpaired) electrons. The Labute approximate surface area is 135 Å². The Morgan fingerprint density at radius 1 is 1.18 bits per heavy atom. The van der Waals surface area contributed by atoms with Gasteiger partial charge in [0.2, 0.25) is 0 Å². The standard InChI is InChI=1S/C16H19ClN4O/c1-4-21(5-2)16(22)14-10-15(19-11(3)18-14)20-13-8-6-12(17)7-9-13/h6-10H,4-5H2,1-3H3,(H,18,19,20). The van der Waals surface area contributed by atoms with Gasteiger partial charge in [0.15, 0.2) is 0 Å². The second-order valence-electron chi connectivity index (χ2n) is 4.79. The van der Waals surface area contributed by atoms with E-state index in [-0.39, 0.29) is 5.91 Å². The number of hydrogen-bond acceptors (Lipinski definition) is 4. The van der Waals surface area contributed by atoms with Crippen LogP contribution in [0.15, 0.2) is 30.3 Å². The highest BCUT2D eigenvalue weighted by Crippen LogP contribution is 2.18. The molecule has 1 amide bonds. The quantitative estimate of drug-likeness (QED) is 0.914. The van der Waals surface area contributed by atoms with E-state index in [1.165, 1.54) is 0 Å². The van der Waals surface area contributed by atoms with E-state index in [2.05, 4.69) is 15.3 Å². The fourth-order valence-corrected chi connectivity index (χ4v) is 2.22. The third-order valence-electron chi connectivity index (χ3n) is 3.22. The predicted octanol–water partition coefficient (Wildman–Crippen LogP) is 3.66. The van der Waals surface area contributed by atoms with Crippen molar-refractivity contribution in [2.45, 2.75) is 20.8 Å². The Morgan fingerprint density at radius 2 is 1.82 bits per heavy atom. The van der Waals surface area contributed by atoms with Crippen LogP contribution in [0, 0.1) is 6.92 Å². The van der Waals surface area contributed by atoms with Gasteiger partial charge in [-0.05, 0) is 45.0 Å². The van der Waals surface area contributed by atoms with Crippen LogP contribution in [0.4, 0.5) is 11.5 Å². The van der Waals surface area contributed by atoms with Gasteiger partial charge in [0.1, 0.15) is 17.3 Å². The molecule has 2 rings (SSSR count). The number of hydrogen-bond donors (Lipinski definition) is 1. The summed E-state index contributed by atoms with van der Waals surface area (Å²) in [5.74, 6) is 1.05. The van der Waals surface area contributed by atoms with Crippen molar-refractivity contribution in [3.8, 4) is 0 Å². The zero-order chi connectivity index (χ0) is 16.1. The molecule has 0 aliphatic heterocycles. The first kappa shape index (κ1) is 16.2. The Bertz CT molecular complexity index is 654. The average Bonchev–Trinajstić information content (AvgIpc) is 2.50. The summed E-state index contributed by atoms with van der Waals surface area (Å²) in [7, 11) is 0. The number of anilines is 2. The van der Waals surface area contributed by atoms with Crippen LogP contribution in [-0.2, 0) is 0 Å². The maximum atomic E-state index is 12.4. The summed E-state index contributed by atoms with van der Waals surface area (Å²) >= 11 is 5.87. The van der Waals surface area contributed by atoms with Crippen LogP contribution < -0.4 is 5.32 Å². The van der Waals surface area contributed by atoms with Gasteiger partial charge in [-0.3, -0.25) is 4.79 Å². The second kappa shape index (κ2) is 7.22. The van der Waals surface area contributed by atoms with Crippen molar-refractivity contribution in [1.82, 2.24) is 14.9 Å². The summed E-state index contributed by atoms with van der Waals surface area (Å²) in [6.07, 6.45) is 0. The van der Waals surface area contributed by atoms with Gasteiger partial charge >= 0.3 is 0 Å². The summed E-state index contributed by atoms with van der Waals surface area (Å²) in [4.78, 5) is 22.7. The van der Waals surface area contributed by atoms with Crippen LogP contribution >= 0.6 is 11.6 Å². The maximum Gasteiger partial charge on any atom is 0.272 e. The first-order chi connectivity index (χ1) is 10.5. The van der Waals surface area contributed by atoms with Crippen molar-refractivity contribution >= 4 is 29.0 Å². The Hall–Kier alpha value is -2.14. The van der Waals surface area contributed by atoms with Crippen molar-refractivity contribution in [2.75, 3.05) is 18.4 Å². The molecule has 1 aromatic carbocycles. The van der Waals surface area contributed by atoms with Gasteiger partial charge in [-0.2, -0.15) is 0 Å². The molecule has 0 saturated heterocycles. The van der Waals surface area contributed by atoms with Gasteiger partial charge in [-0.15, -0.1) is 0 Å². The van der Waals surface area contributed by atoms with Gasteiger partial charge in [0.25, 0.3) is 5.91 Å². The van der Waals surface area contributed by atoms with Crippen LogP contribution in [0.5, 0.6) is 0 Å². The summed E-state index contributed by atoms with van der Waals surface area (Å²) < 4.78 is 0. The number of aryl methyl sites for hydroxylation is 1. The maximum absolute atomic E-state index is 12.4. The molecule has 0 aliphatic rings. The topological polar surface area (TPSA) is 58.1 Å². The van der Waals surface area contributed by atoms with Gasteiger partial charge in [0, 0.05) is 29.9 Å². The van der Waals surface area contributed by atoms with E-state index in [0.29, 0.717) is 35.4 Å². The minimum atomic E-state index is -0.0883. The number of aromatic nitrogens is 2. The predicted molar refractivity (Wildman–Crippen MR) is 88.8 cm³/mol. The minimum absolute atomic E-state index is 0.0883. The average molecular weight is 319 g/mol. The number of benzene rings is 1. The molecule has 0 atom stereocenters. The summed E-state index contributed by atoms with van der Waals surface area (Å²) in [6, 6.07) is 8.96. The van der Waals surface area contributed by atoms with Crippen molar-refractivity contribution < 1.29 is 4.79 Å². The lowest BCUT2D eigenvalue weighted by Gasteiger charge is -2.18. The summed E-state index contributed by atoms with van der Waals surface area (Å²) in [5.41, 5.74) is 1.25. The number of nitrogens with zero attached hydrogens (tertiary/aromatic N) is 3. The van der Waals surface area contributed by atoms with Crippen molar-refractivity contribution in [2.24, 2.45) is 0 Å². The Balaban J connectivity index is 2.26. The fraction of sp³-hybridized carbons (Fsp3) is 0.312. The van der Waals surface area contributed by atoms with Gasteiger partial charge in [-0.1, -0.05) is 11.6 Å². The SMILES string of the molecule is CCN(CC)C(=O)c1cc(Nc2ccc(Cl)cc2)nc(C)n1. The molecule has 2 aromatic rings. The van der Waals surface area contributed by atoms with Crippen LogP contribution in [0.2, 0.25) is 5.02 Å². The Kier molecular flexibility index (Phi) is 5.33. The molecule has 0 unspecified atom stereocenters. The van der Waals surface area contributed by atoms with Crippen molar-refractivity contribution in [3.05, 3.63) is 46.9 Å². The molecule has 0 fully saturated rings. The monoisotopic (exact) mass is 318 g/mol. The zero-order valence-electron chi connectivity index (χ0n) is 12.9. The molecule has 6 heteroatoms. The van der Waals surface area contributed by atoms with E-state index in [1.54, 1.807) is 30.0 Å². The number of rotatable bonds is 5. The molecule has 0 aliphatic carbocycles. The number of amides is 1. The molecule has 1 N–H and O–H groups in total. The smallest absolute Gasteiger partial charge is 0.272 e. The highest BCUT2D eigenvalue weighted by atomic mass is 35.5. The van der Waals surface area contributed by atoms with E-state index in [4.69, 9.17) is 11.6 Å². The third-order valence-corrected chi connectivity index (χ3v) is 3.48. The number of carbonyl (C=O) groups excluding carboxylic acids is 1. The molecule has 22 heavy (non-hydrogen) atoms. The lowest BCUT2D eigenvalue weighted by Crippen LogP contribution is -2.31. The van der Waals surface area contributed by atoms with Gasteiger partial charge in [-0.25, -0.2) is 9.97 Å². The van der Waals surface area contributed by atoms with Crippen LogP contribution in [0.1, 0.15) is 30.2 Å². The van der Waals surface area contributed by atoms with Crippen LogP contribution in [0.25, 0.3) is 0 Å². The van der Waals surface area contributed by atoms with Gasteiger partial charge < -0.3 is 10.2 Å². The van der Waals surface area contributed by atoms with Crippen molar-refractivity contribution in [1.29, 1.82) is 0 Å². The molecule has 0 bridgehead atoms. The highest BCUT2D eigenvalue weighted by molar-refractivity contribution is 6.30. The lowest BCUT2D eigenvalue weighted by molar-refractivity contribution is 0.0766. The van der Waals surface area contributed by atoms with Crippen LogP contribution in [-0.4, -0.2) is 33.9 Å². The normalized spacial score (nSPS) is 10.4. The summed E-state index contributed by atoms with van der Waals surface area (Å²) in [6.45, 7) is 6.97. The molecule has 0 spiro atoms. The van der Waals surface area contributed by atoms with Crippen LogP contribution in [0.3, 0.4) is 0 Å². The molecule has 1 heterocycles. The molecule has 5 nitrogen and oxygen atoms in total. The van der Waals surface area contributed by atoms with Gasteiger partial charge in [0.05, 0.1) is 0 Å². The molecular weight excluding hydrogens is 300 g/mol. The van der Waals surface area contributed by atoms with Crippen molar-refractivity contribution in [3.63, 3.8) is 0 Å². The number of carbonyl (C=O) groups is 1. The van der Waals surface area contributed by atoms with E-state index in [0.717, 1.165) is 5.69 Å². The zero-order valence-corrected chi connectivity index (χ0v) is 13.7. The Morgan fingerprint density at radius 3 is 2.41 bits per heavy atom. The van der Waals surface area contributed by atoms with E-state index >= 15 is 0 Å². The fourth-order valence-electron chi connectivity index (χ4n) is 2.10. The van der Waals surface area contributed by atoms with E-state index in [1.807, 2.05) is 26.0 Å². The molecule has 0 saturated carbocycles. The molecule has 1 aromatic heterocycles. The third kappa shape index (κ3) is 3.95. The van der Waals surface area contributed by atoms with E-state index < -0.39 is 0 Å². The molecule has 116 valence electrons. The number of nitrogens with one attached hydrogen (secondary N) is 1. The first-order valence-electron chi connectivity index (χ1n) is 7.21. The lowest BCUT2D eigenvalue weighted by atomic mass is 10.3. The first-order valence-corrected chi connectivity index (χ1v) is 7.58.